The maximum atomic E-state index is 11.8. The summed E-state index contributed by atoms with van der Waals surface area (Å²) < 4.78 is 0. The molecular weight excluding hydrogens is 276 g/mol. The van der Waals surface area contributed by atoms with Crippen LogP contribution in [0.4, 0.5) is 0 Å². The van der Waals surface area contributed by atoms with E-state index in [0.717, 1.165) is 18.9 Å². The molecule has 2 N–H and O–H groups in total. The van der Waals surface area contributed by atoms with Crippen molar-refractivity contribution in [2.24, 2.45) is 4.99 Å². The van der Waals surface area contributed by atoms with Crippen LogP contribution < -0.4 is 10.6 Å². The summed E-state index contributed by atoms with van der Waals surface area (Å²) in [5, 5.41) is 6.43. The number of hydrogen-bond donors (Lipinski definition) is 2. The summed E-state index contributed by atoms with van der Waals surface area (Å²) in [6, 6.07) is 8.21. The third-order valence-electron chi connectivity index (χ3n) is 3.73. The zero-order valence-corrected chi connectivity index (χ0v) is 13.1. The molecular formula is C17H24N4O. The summed E-state index contributed by atoms with van der Waals surface area (Å²) in [7, 11) is 1.74. The van der Waals surface area contributed by atoms with Crippen molar-refractivity contribution in [2.75, 3.05) is 20.1 Å². The highest BCUT2D eigenvalue weighted by atomic mass is 16.2. The van der Waals surface area contributed by atoms with Gasteiger partial charge in [0.15, 0.2) is 5.96 Å². The maximum Gasteiger partial charge on any atom is 0.222 e. The van der Waals surface area contributed by atoms with Crippen molar-refractivity contribution >= 4 is 11.9 Å². The minimum Gasteiger partial charge on any atom is -0.353 e. The van der Waals surface area contributed by atoms with Crippen molar-refractivity contribution in [1.82, 2.24) is 15.5 Å². The van der Waals surface area contributed by atoms with E-state index in [1.54, 1.807) is 13.1 Å². The van der Waals surface area contributed by atoms with E-state index in [1.165, 1.54) is 11.1 Å². The lowest BCUT2D eigenvalue weighted by molar-refractivity contribution is -0.128. The van der Waals surface area contributed by atoms with Crippen molar-refractivity contribution < 1.29 is 4.79 Å². The molecule has 1 aromatic carbocycles. The Morgan fingerprint density at radius 2 is 2.14 bits per heavy atom. The Bertz CT molecular complexity index is 553. The molecule has 1 heterocycles. The zero-order chi connectivity index (χ0) is 15.8. The molecule has 0 spiro atoms. The van der Waals surface area contributed by atoms with Crippen LogP contribution in [0.1, 0.15) is 24.0 Å². The van der Waals surface area contributed by atoms with Gasteiger partial charge in [-0.1, -0.05) is 30.3 Å². The van der Waals surface area contributed by atoms with Gasteiger partial charge in [0.25, 0.3) is 0 Å². The number of carbonyl (C=O) groups excluding carboxylic acids is 1. The van der Waals surface area contributed by atoms with E-state index in [9.17, 15) is 4.79 Å². The van der Waals surface area contributed by atoms with Crippen LogP contribution in [0.15, 0.2) is 41.9 Å². The van der Waals surface area contributed by atoms with Gasteiger partial charge in [-0.15, -0.1) is 6.58 Å². The van der Waals surface area contributed by atoms with Crippen molar-refractivity contribution in [2.45, 2.75) is 25.9 Å². The van der Waals surface area contributed by atoms with Gasteiger partial charge < -0.3 is 15.5 Å². The van der Waals surface area contributed by atoms with Gasteiger partial charge in [-0.05, 0) is 17.5 Å². The molecule has 0 bridgehead atoms. The zero-order valence-electron chi connectivity index (χ0n) is 13.1. The number of benzene rings is 1. The SMILES string of the molecule is C=CCNC(=NC)NCc1ccccc1CN1CCCC1=O. The lowest BCUT2D eigenvalue weighted by Crippen LogP contribution is -2.37. The second-order valence-electron chi connectivity index (χ2n) is 5.28. The molecule has 1 saturated heterocycles. The molecule has 5 nitrogen and oxygen atoms in total. The summed E-state index contributed by atoms with van der Waals surface area (Å²) in [5.74, 6) is 0.998. The highest BCUT2D eigenvalue weighted by molar-refractivity contribution is 5.80. The maximum absolute atomic E-state index is 11.8. The minimum absolute atomic E-state index is 0.256. The number of rotatable bonds is 6. The number of nitrogens with one attached hydrogen (secondary N) is 2. The molecule has 1 aromatic rings. The van der Waals surface area contributed by atoms with E-state index < -0.39 is 0 Å². The van der Waals surface area contributed by atoms with Crippen LogP contribution >= 0.6 is 0 Å². The Kier molecular flexibility index (Phi) is 6.01. The Balaban J connectivity index is 1.98. The number of carbonyl (C=O) groups is 1. The number of aliphatic imine (C=N–C) groups is 1. The molecule has 2 rings (SSSR count). The fraction of sp³-hybridized carbons (Fsp3) is 0.412. The molecule has 0 aliphatic carbocycles. The Hall–Kier alpha value is -2.30. The van der Waals surface area contributed by atoms with Crippen molar-refractivity contribution in [1.29, 1.82) is 0 Å². The fourth-order valence-electron chi connectivity index (χ4n) is 2.53. The third kappa shape index (κ3) is 4.35. The quantitative estimate of drug-likeness (QED) is 0.477. The van der Waals surface area contributed by atoms with Crippen LogP contribution in [0, 0.1) is 0 Å². The average molecular weight is 300 g/mol. The second kappa shape index (κ2) is 8.22. The second-order valence-corrected chi connectivity index (χ2v) is 5.28. The van der Waals surface area contributed by atoms with Gasteiger partial charge in [0.2, 0.25) is 5.91 Å². The topological polar surface area (TPSA) is 56.7 Å². The van der Waals surface area contributed by atoms with Crippen LogP contribution in [0.5, 0.6) is 0 Å². The van der Waals surface area contributed by atoms with E-state index in [1.807, 2.05) is 17.0 Å². The first-order chi connectivity index (χ1) is 10.7. The van der Waals surface area contributed by atoms with Gasteiger partial charge in [0.05, 0.1) is 0 Å². The predicted molar refractivity (Wildman–Crippen MR) is 89.5 cm³/mol. The van der Waals surface area contributed by atoms with E-state index in [4.69, 9.17) is 0 Å². The molecule has 118 valence electrons. The molecule has 0 saturated carbocycles. The van der Waals surface area contributed by atoms with Crippen LogP contribution in [0.25, 0.3) is 0 Å². The molecule has 0 atom stereocenters. The fourth-order valence-corrected chi connectivity index (χ4v) is 2.53. The molecule has 0 unspecified atom stereocenters. The number of guanidine groups is 1. The summed E-state index contributed by atoms with van der Waals surface area (Å²) in [6.07, 6.45) is 3.44. The summed E-state index contributed by atoms with van der Waals surface area (Å²) in [5.41, 5.74) is 2.37. The molecule has 0 radical (unpaired) electrons. The van der Waals surface area contributed by atoms with Crippen LogP contribution in [0.3, 0.4) is 0 Å². The van der Waals surface area contributed by atoms with E-state index in [2.05, 4.69) is 34.3 Å². The smallest absolute Gasteiger partial charge is 0.222 e. The number of amides is 1. The van der Waals surface area contributed by atoms with Crippen molar-refractivity contribution in [3.63, 3.8) is 0 Å². The summed E-state index contributed by atoms with van der Waals surface area (Å²) in [6.45, 7) is 6.58. The van der Waals surface area contributed by atoms with Crippen molar-refractivity contribution in [3.05, 3.63) is 48.0 Å². The molecule has 1 amide bonds. The molecule has 5 heteroatoms. The van der Waals surface area contributed by atoms with Gasteiger partial charge in [-0.25, -0.2) is 0 Å². The number of nitrogens with zero attached hydrogens (tertiary/aromatic N) is 2. The predicted octanol–water partition coefficient (Wildman–Crippen LogP) is 1.66. The average Bonchev–Trinajstić information content (AvgIpc) is 2.94. The standard InChI is InChI=1S/C17H24N4O/c1-3-10-19-17(18-2)20-12-14-7-4-5-8-15(14)13-21-11-6-9-16(21)22/h3-5,7-8H,1,6,9-13H2,2H3,(H2,18,19,20). The van der Waals surface area contributed by atoms with Crippen LogP contribution in [0.2, 0.25) is 0 Å². The lowest BCUT2D eigenvalue weighted by atomic mass is 10.1. The summed E-state index contributed by atoms with van der Waals surface area (Å²) >= 11 is 0. The first-order valence-corrected chi connectivity index (χ1v) is 7.64. The lowest BCUT2D eigenvalue weighted by Gasteiger charge is -2.19. The minimum atomic E-state index is 0.256. The molecule has 1 aliphatic heterocycles. The molecule has 22 heavy (non-hydrogen) atoms. The normalized spacial score (nSPS) is 15.0. The largest absolute Gasteiger partial charge is 0.353 e. The highest BCUT2D eigenvalue weighted by Crippen LogP contribution is 2.17. The van der Waals surface area contributed by atoms with Gasteiger partial charge >= 0.3 is 0 Å². The Labute approximate surface area is 132 Å². The van der Waals surface area contributed by atoms with E-state index in [0.29, 0.717) is 26.1 Å². The van der Waals surface area contributed by atoms with Gasteiger partial charge in [0, 0.05) is 39.6 Å². The first kappa shape index (κ1) is 16.1. The van der Waals surface area contributed by atoms with Gasteiger partial charge in [0.1, 0.15) is 0 Å². The Morgan fingerprint density at radius 3 is 2.77 bits per heavy atom. The van der Waals surface area contributed by atoms with Crippen LogP contribution in [-0.4, -0.2) is 36.9 Å². The molecule has 0 aromatic heterocycles. The van der Waals surface area contributed by atoms with Crippen LogP contribution in [-0.2, 0) is 17.9 Å². The first-order valence-electron chi connectivity index (χ1n) is 7.64. The van der Waals surface area contributed by atoms with Gasteiger partial charge in [-0.2, -0.15) is 0 Å². The molecule has 1 fully saturated rings. The third-order valence-corrected chi connectivity index (χ3v) is 3.73. The number of hydrogen-bond acceptors (Lipinski definition) is 2. The van der Waals surface area contributed by atoms with Crippen molar-refractivity contribution in [3.8, 4) is 0 Å². The highest BCUT2D eigenvalue weighted by Gasteiger charge is 2.20. The van der Waals surface area contributed by atoms with E-state index in [-0.39, 0.29) is 5.91 Å². The van der Waals surface area contributed by atoms with Gasteiger partial charge in [-0.3, -0.25) is 9.79 Å². The molecule has 1 aliphatic rings. The summed E-state index contributed by atoms with van der Waals surface area (Å²) in [4.78, 5) is 17.9. The Morgan fingerprint density at radius 1 is 1.36 bits per heavy atom. The van der Waals surface area contributed by atoms with E-state index >= 15 is 0 Å². The monoisotopic (exact) mass is 300 g/mol. The number of likely N-dealkylation sites (tertiary alicyclic amines) is 1.